The van der Waals surface area contributed by atoms with E-state index in [1.165, 1.54) is 12.0 Å². The van der Waals surface area contributed by atoms with Gasteiger partial charge in [0, 0.05) is 35.9 Å². The molecule has 2 aromatic carbocycles. The number of aliphatic hydroxyl groups is 3. The van der Waals surface area contributed by atoms with Gasteiger partial charge >= 0.3 is 0 Å². The first kappa shape index (κ1) is 28.8. The summed E-state index contributed by atoms with van der Waals surface area (Å²) in [6.45, 7) is 1.51. The highest BCUT2D eigenvalue weighted by Crippen LogP contribution is 2.51. The Kier molecular flexibility index (Phi) is 9.47. The summed E-state index contributed by atoms with van der Waals surface area (Å²) in [4.78, 5) is 28.2. The van der Waals surface area contributed by atoms with Gasteiger partial charge in [0.05, 0.1) is 32.3 Å². The maximum absolute atomic E-state index is 13.4. The van der Waals surface area contributed by atoms with Crippen molar-refractivity contribution in [2.24, 2.45) is 0 Å². The fourth-order valence-corrected chi connectivity index (χ4v) is 5.16. The molecule has 2 aliphatic rings. The van der Waals surface area contributed by atoms with Gasteiger partial charge in [-0.3, -0.25) is 9.59 Å². The van der Waals surface area contributed by atoms with Crippen LogP contribution in [0, 0.1) is 0 Å². The molecule has 11 heteroatoms. The lowest BCUT2D eigenvalue weighted by Gasteiger charge is -2.40. The minimum absolute atomic E-state index is 0.0201. The fourth-order valence-electron chi connectivity index (χ4n) is 5.04. The lowest BCUT2D eigenvalue weighted by Crippen LogP contribution is -2.56. The number of amides is 2. The first-order valence-electron chi connectivity index (χ1n) is 12.7. The van der Waals surface area contributed by atoms with Gasteiger partial charge in [0.15, 0.2) is 11.5 Å². The molecule has 39 heavy (non-hydrogen) atoms. The van der Waals surface area contributed by atoms with Crippen LogP contribution in [0.5, 0.6) is 11.5 Å². The van der Waals surface area contributed by atoms with E-state index in [2.05, 4.69) is 5.32 Å². The molecule has 4 atom stereocenters. The largest absolute Gasteiger partial charge is 0.493 e. The highest BCUT2D eigenvalue weighted by molar-refractivity contribution is 6.30. The molecule has 0 aromatic heterocycles. The van der Waals surface area contributed by atoms with Crippen molar-refractivity contribution in [3.05, 3.63) is 69.8 Å². The Bertz CT molecular complexity index is 1220. The van der Waals surface area contributed by atoms with Crippen molar-refractivity contribution >= 4 is 23.4 Å². The zero-order chi connectivity index (χ0) is 28.1. The maximum Gasteiger partial charge on any atom is 0.249 e. The molecule has 4 rings (SSSR count). The van der Waals surface area contributed by atoms with Crippen molar-refractivity contribution in [1.29, 1.82) is 0 Å². The van der Waals surface area contributed by atoms with E-state index in [0.717, 1.165) is 5.56 Å². The van der Waals surface area contributed by atoms with Crippen LogP contribution in [-0.2, 0) is 27.5 Å². The van der Waals surface area contributed by atoms with Crippen molar-refractivity contribution in [1.82, 2.24) is 10.2 Å². The Hall–Kier alpha value is -3.15. The molecule has 0 spiro atoms. The van der Waals surface area contributed by atoms with E-state index in [1.54, 1.807) is 49.4 Å². The van der Waals surface area contributed by atoms with Crippen LogP contribution in [0.25, 0.3) is 0 Å². The number of hydrogen-bond donors (Lipinski definition) is 4. The Labute approximate surface area is 231 Å². The average Bonchev–Trinajstić information content (AvgIpc) is 3.34. The number of halogens is 1. The third kappa shape index (κ3) is 6.05. The molecular weight excluding hydrogens is 528 g/mol. The lowest BCUT2D eigenvalue weighted by molar-refractivity contribution is -0.142. The first-order chi connectivity index (χ1) is 18.8. The Morgan fingerprint density at radius 1 is 1.15 bits per heavy atom. The van der Waals surface area contributed by atoms with Crippen molar-refractivity contribution < 1.29 is 39.1 Å². The molecular formula is C28H33ClN2O8. The van der Waals surface area contributed by atoms with Crippen molar-refractivity contribution in [2.75, 3.05) is 33.5 Å². The Morgan fingerprint density at radius 3 is 2.54 bits per heavy atom. The number of carbonyl (C=O) groups excluding carboxylic acids is 2. The monoisotopic (exact) mass is 560 g/mol. The number of aliphatic hydroxyl groups excluding tert-OH is 3. The second kappa shape index (κ2) is 12.8. The number of nitrogens with one attached hydrogen (secondary N) is 1. The number of hydrogen-bond acceptors (Lipinski definition) is 8. The summed E-state index contributed by atoms with van der Waals surface area (Å²) in [6, 6.07) is 9.39. The molecule has 1 aliphatic carbocycles. The number of rotatable bonds is 11. The third-order valence-electron chi connectivity index (χ3n) is 6.87. The summed E-state index contributed by atoms with van der Waals surface area (Å²) in [5, 5.41) is 34.0. The highest BCUT2D eigenvalue weighted by Gasteiger charge is 2.51. The zero-order valence-electron chi connectivity index (χ0n) is 21.8. The van der Waals surface area contributed by atoms with Crippen LogP contribution in [0.4, 0.5) is 0 Å². The number of ether oxygens (including phenoxy) is 3. The molecule has 2 amide bonds. The van der Waals surface area contributed by atoms with Gasteiger partial charge in [-0.25, -0.2) is 0 Å². The van der Waals surface area contributed by atoms with Crippen molar-refractivity contribution in [2.45, 2.75) is 44.2 Å². The molecule has 0 radical (unpaired) electrons. The summed E-state index contributed by atoms with van der Waals surface area (Å²) >= 11 is 6.04. The first-order valence-corrected chi connectivity index (χ1v) is 13.1. The predicted molar refractivity (Wildman–Crippen MR) is 143 cm³/mol. The average molecular weight is 561 g/mol. The van der Waals surface area contributed by atoms with Gasteiger partial charge < -0.3 is 39.7 Å². The van der Waals surface area contributed by atoms with Crippen LogP contribution in [-0.4, -0.2) is 83.8 Å². The number of benzene rings is 2. The van der Waals surface area contributed by atoms with Crippen LogP contribution in [0.1, 0.15) is 29.5 Å². The highest BCUT2D eigenvalue weighted by atomic mass is 35.5. The second-order valence-electron chi connectivity index (χ2n) is 9.30. The molecule has 210 valence electrons. The molecule has 1 heterocycles. The standard InChI is InChI=1S/C28H33ClN2O8/c1-3-38-15-23(34)31(13-16-4-6-18(29)7-5-16)21-12-20(28(36)30-8-9-32)24-19-10-17(14-33)11-22(37-2)26(19)39-27(24)25(21)35/h4-7,10-12,21,24-25,27,32-33,35H,3,8-9,13-15H2,1-2H3,(H,30,36). The quantitative estimate of drug-likeness (QED) is 0.325. The number of carbonyl (C=O) groups is 2. The third-order valence-corrected chi connectivity index (χ3v) is 7.12. The molecule has 4 unspecified atom stereocenters. The number of fused-ring (bicyclic) bond motifs is 3. The summed E-state index contributed by atoms with van der Waals surface area (Å²) in [7, 11) is 1.46. The van der Waals surface area contributed by atoms with Crippen molar-refractivity contribution in [3.8, 4) is 11.5 Å². The Balaban J connectivity index is 1.80. The summed E-state index contributed by atoms with van der Waals surface area (Å²) < 4.78 is 17.1. The van der Waals surface area contributed by atoms with Gasteiger partial charge in [0.2, 0.25) is 11.8 Å². The van der Waals surface area contributed by atoms with Crippen LogP contribution >= 0.6 is 11.6 Å². The zero-order valence-corrected chi connectivity index (χ0v) is 22.6. The summed E-state index contributed by atoms with van der Waals surface area (Å²) in [5.41, 5.74) is 2.17. The molecule has 1 aliphatic heterocycles. The van der Waals surface area contributed by atoms with Crippen molar-refractivity contribution in [3.63, 3.8) is 0 Å². The van der Waals surface area contributed by atoms with Crippen LogP contribution in [0.15, 0.2) is 48.0 Å². The molecule has 0 saturated carbocycles. The van der Waals surface area contributed by atoms with Gasteiger partial charge in [-0.15, -0.1) is 0 Å². The molecule has 4 N–H and O–H groups in total. The van der Waals surface area contributed by atoms with Gasteiger partial charge in [-0.05, 0) is 48.4 Å². The molecule has 10 nitrogen and oxygen atoms in total. The molecule has 2 aromatic rings. The smallest absolute Gasteiger partial charge is 0.249 e. The SMILES string of the molecule is CCOCC(=O)N(Cc1ccc(Cl)cc1)C1C=C(C(=O)NCCO)C2c3cc(CO)cc(OC)c3OC2C1O. The van der Waals surface area contributed by atoms with E-state index >= 15 is 0 Å². The predicted octanol–water partition coefficient (Wildman–Crippen LogP) is 1.53. The lowest BCUT2D eigenvalue weighted by atomic mass is 9.77. The summed E-state index contributed by atoms with van der Waals surface area (Å²) in [6.07, 6.45) is -0.577. The van der Waals surface area contributed by atoms with Gasteiger partial charge in [-0.1, -0.05) is 23.7 Å². The molecule has 0 saturated heterocycles. The molecule has 0 fully saturated rings. The normalized spacial score (nSPS) is 21.3. The summed E-state index contributed by atoms with van der Waals surface area (Å²) in [5.74, 6) is -0.837. The van der Waals surface area contributed by atoms with E-state index in [4.69, 9.17) is 25.8 Å². The van der Waals surface area contributed by atoms with Crippen LogP contribution in [0.2, 0.25) is 5.02 Å². The van der Waals surface area contributed by atoms with Gasteiger partial charge in [-0.2, -0.15) is 0 Å². The maximum atomic E-state index is 13.4. The Morgan fingerprint density at radius 2 is 1.90 bits per heavy atom. The van der Waals surface area contributed by atoms with E-state index < -0.39 is 30.1 Å². The molecule has 0 bridgehead atoms. The fraction of sp³-hybridized carbons (Fsp3) is 0.429. The van der Waals surface area contributed by atoms with Crippen LogP contribution in [0.3, 0.4) is 0 Å². The van der Waals surface area contributed by atoms with E-state index in [9.17, 15) is 24.9 Å². The van der Waals surface area contributed by atoms with E-state index in [0.29, 0.717) is 34.3 Å². The van der Waals surface area contributed by atoms with Gasteiger partial charge in [0.25, 0.3) is 0 Å². The topological polar surface area (TPSA) is 138 Å². The van der Waals surface area contributed by atoms with E-state index in [1.807, 2.05) is 0 Å². The van der Waals surface area contributed by atoms with E-state index in [-0.39, 0.29) is 44.4 Å². The number of methoxy groups -OCH3 is 1. The second-order valence-corrected chi connectivity index (χ2v) is 9.74. The minimum atomic E-state index is -1.23. The van der Waals surface area contributed by atoms with Gasteiger partial charge in [0.1, 0.15) is 18.8 Å². The van der Waals surface area contributed by atoms with Crippen LogP contribution < -0.4 is 14.8 Å². The minimum Gasteiger partial charge on any atom is -0.493 e. The number of nitrogens with zero attached hydrogens (tertiary/aromatic N) is 1.